The number of imidazole rings is 1. The molecular formula is C13H15BrN2O3. The highest BCUT2D eigenvalue weighted by molar-refractivity contribution is 9.10. The Balaban J connectivity index is 2.64. The largest absolute Gasteiger partial charge is 0.496 e. The summed E-state index contributed by atoms with van der Waals surface area (Å²) >= 11 is 3.45. The molecule has 0 radical (unpaired) electrons. The molecule has 2 rings (SSSR count). The monoisotopic (exact) mass is 326 g/mol. The first kappa shape index (κ1) is 13.7. The van der Waals surface area contributed by atoms with Crippen LogP contribution in [0.25, 0.3) is 11.3 Å². The van der Waals surface area contributed by atoms with E-state index in [1.807, 2.05) is 13.0 Å². The number of aromatic amines is 1. The van der Waals surface area contributed by atoms with Gasteiger partial charge in [-0.3, -0.25) is 0 Å². The fourth-order valence-electron chi connectivity index (χ4n) is 1.86. The lowest BCUT2D eigenvalue weighted by Crippen LogP contribution is -1.95. The van der Waals surface area contributed by atoms with Gasteiger partial charge in [-0.15, -0.1) is 0 Å². The summed E-state index contributed by atoms with van der Waals surface area (Å²) < 4.78 is 16.8. The smallest absolute Gasteiger partial charge is 0.164 e. The van der Waals surface area contributed by atoms with Crippen LogP contribution in [0.5, 0.6) is 17.2 Å². The first-order chi connectivity index (χ1) is 9.10. The van der Waals surface area contributed by atoms with Crippen LogP contribution in [-0.4, -0.2) is 31.3 Å². The zero-order chi connectivity index (χ0) is 14.0. The number of hydrogen-bond acceptors (Lipinski definition) is 4. The topological polar surface area (TPSA) is 56.4 Å². The SMILES string of the molecule is COc1cc(OC)c(-c2nc(C)[nH]c2Br)cc1OC. The molecule has 0 spiro atoms. The summed E-state index contributed by atoms with van der Waals surface area (Å²) in [5.74, 6) is 2.74. The summed E-state index contributed by atoms with van der Waals surface area (Å²) in [6, 6.07) is 3.63. The van der Waals surface area contributed by atoms with E-state index in [1.165, 1.54) is 0 Å². The van der Waals surface area contributed by atoms with E-state index in [0.717, 1.165) is 21.7 Å². The number of hydrogen-bond donors (Lipinski definition) is 1. The Morgan fingerprint density at radius 1 is 1.00 bits per heavy atom. The van der Waals surface area contributed by atoms with Gasteiger partial charge < -0.3 is 19.2 Å². The Labute approximate surface area is 120 Å². The van der Waals surface area contributed by atoms with Gasteiger partial charge in [-0.25, -0.2) is 4.98 Å². The zero-order valence-corrected chi connectivity index (χ0v) is 12.8. The van der Waals surface area contributed by atoms with Gasteiger partial charge in [0.2, 0.25) is 0 Å². The first-order valence-electron chi connectivity index (χ1n) is 5.63. The van der Waals surface area contributed by atoms with E-state index in [2.05, 4.69) is 25.9 Å². The molecule has 1 aromatic heterocycles. The van der Waals surface area contributed by atoms with Gasteiger partial charge >= 0.3 is 0 Å². The van der Waals surface area contributed by atoms with Gasteiger partial charge in [0.05, 0.1) is 21.3 Å². The Morgan fingerprint density at radius 2 is 1.58 bits per heavy atom. The van der Waals surface area contributed by atoms with Crippen molar-refractivity contribution in [3.05, 3.63) is 22.6 Å². The predicted molar refractivity (Wildman–Crippen MR) is 76.1 cm³/mol. The average molecular weight is 327 g/mol. The van der Waals surface area contributed by atoms with Crippen molar-refractivity contribution in [2.75, 3.05) is 21.3 Å². The van der Waals surface area contributed by atoms with Gasteiger partial charge in [0.1, 0.15) is 21.9 Å². The first-order valence-corrected chi connectivity index (χ1v) is 6.42. The van der Waals surface area contributed by atoms with Crippen LogP contribution < -0.4 is 14.2 Å². The van der Waals surface area contributed by atoms with E-state index in [0.29, 0.717) is 17.2 Å². The molecule has 102 valence electrons. The van der Waals surface area contributed by atoms with Crippen molar-refractivity contribution >= 4 is 15.9 Å². The number of methoxy groups -OCH3 is 3. The van der Waals surface area contributed by atoms with Crippen LogP contribution in [0.4, 0.5) is 0 Å². The molecule has 0 aliphatic heterocycles. The maximum absolute atomic E-state index is 5.40. The fraction of sp³-hybridized carbons (Fsp3) is 0.308. The van der Waals surface area contributed by atoms with E-state index in [-0.39, 0.29) is 0 Å². The number of benzene rings is 1. The number of halogens is 1. The Hall–Kier alpha value is -1.69. The second-order valence-corrected chi connectivity index (χ2v) is 4.69. The van der Waals surface area contributed by atoms with Crippen LogP contribution >= 0.6 is 15.9 Å². The van der Waals surface area contributed by atoms with Gasteiger partial charge in [0.25, 0.3) is 0 Å². The van der Waals surface area contributed by atoms with E-state index in [9.17, 15) is 0 Å². The van der Waals surface area contributed by atoms with Gasteiger partial charge in [-0.05, 0) is 28.9 Å². The molecule has 19 heavy (non-hydrogen) atoms. The van der Waals surface area contributed by atoms with E-state index < -0.39 is 0 Å². The van der Waals surface area contributed by atoms with Crippen LogP contribution in [0, 0.1) is 6.92 Å². The average Bonchev–Trinajstić information content (AvgIpc) is 2.75. The minimum atomic E-state index is 0.617. The second-order valence-electron chi connectivity index (χ2n) is 3.89. The minimum Gasteiger partial charge on any atom is -0.496 e. The second kappa shape index (κ2) is 5.52. The number of nitrogens with one attached hydrogen (secondary N) is 1. The summed E-state index contributed by atoms with van der Waals surface area (Å²) in [5, 5.41) is 0. The third kappa shape index (κ3) is 2.53. The number of rotatable bonds is 4. The molecule has 2 aromatic rings. The molecule has 0 bridgehead atoms. The molecule has 1 N–H and O–H groups in total. The van der Waals surface area contributed by atoms with Gasteiger partial charge in [0, 0.05) is 11.6 Å². The number of aryl methyl sites for hydroxylation is 1. The lowest BCUT2D eigenvalue weighted by Gasteiger charge is -2.13. The van der Waals surface area contributed by atoms with E-state index in [4.69, 9.17) is 14.2 Å². The lowest BCUT2D eigenvalue weighted by molar-refractivity contribution is 0.349. The lowest BCUT2D eigenvalue weighted by atomic mass is 10.1. The summed E-state index contributed by atoms with van der Waals surface area (Å²) in [4.78, 5) is 7.54. The normalized spacial score (nSPS) is 10.4. The quantitative estimate of drug-likeness (QED) is 0.937. The molecule has 1 heterocycles. The van der Waals surface area contributed by atoms with Crippen LogP contribution in [0.3, 0.4) is 0 Å². The Kier molecular flexibility index (Phi) is 3.99. The third-order valence-electron chi connectivity index (χ3n) is 2.74. The van der Waals surface area contributed by atoms with Crippen molar-refractivity contribution in [1.82, 2.24) is 9.97 Å². The molecule has 0 aliphatic carbocycles. The van der Waals surface area contributed by atoms with Crippen molar-refractivity contribution < 1.29 is 14.2 Å². The van der Waals surface area contributed by atoms with E-state index in [1.54, 1.807) is 27.4 Å². The van der Waals surface area contributed by atoms with Crippen molar-refractivity contribution in [3.63, 3.8) is 0 Å². The molecular weight excluding hydrogens is 312 g/mol. The van der Waals surface area contributed by atoms with Crippen molar-refractivity contribution in [1.29, 1.82) is 0 Å². The van der Waals surface area contributed by atoms with Crippen molar-refractivity contribution in [2.45, 2.75) is 6.92 Å². The summed E-state index contributed by atoms with van der Waals surface area (Å²) in [5.41, 5.74) is 1.60. The fourth-order valence-corrected chi connectivity index (χ4v) is 2.44. The molecule has 0 fully saturated rings. The summed E-state index contributed by atoms with van der Waals surface area (Å²) in [7, 11) is 4.79. The van der Waals surface area contributed by atoms with Crippen molar-refractivity contribution in [3.8, 4) is 28.5 Å². The van der Waals surface area contributed by atoms with Gasteiger partial charge in [0.15, 0.2) is 11.5 Å². The number of ether oxygens (including phenoxy) is 3. The molecule has 0 aliphatic rings. The molecule has 5 nitrogen and oxygen atoms in total. The summed E-state index contributed by atoms with van der Waals surface area (Å²) in [6.07, 6.45) is 0. The molecule has 0 saturated carbocycles. The van der Waals surface area contributed by atoms with Gasteiger partial charge in [-0.1, -0.05) is 0 Å². The third-order valence-corrected chi connectivity index (χ3v) is 3.31. The molecule has 6 heteroatoms. The summed E-state index contributed by atoms with van der Waals surface area (Å²) in [6.45, 7) is 1.89. The minimum absolute atomic E-state index is 0.617. The highest BCUT2D eigenvalue weighted by atomic mass is 79.9. The highest BCUT2D eigenvalue weighted by Crippen LogP contribution is 2.41. The molecule has 0 saturated heterocycles. The number of nitrogens with zero attached hydrogens (tertiary/aromatic N) is 1. The molecule has 0 unspecified atom stereocenters. The van der Waals surface area contributed by atoms with Crippen molar-refractivity contribution in [2.24, 2.45) is 0 Å². The van der Waals surface area contributed by atoms with Crippen LogP contribution in [0.15, 0.2) is 16.7 Å². The predicted octanol–water partition coefficient (Wildman–Crippen LogP) is 3.17. The number of aromatic nitrogens is 2. The Bertz CT molecular complexity index is 596. The molecule has 0 atom stereocenters. The van der Waals surface area contributed by atoms with E-state index >= 15 is 0 Å². The zero-order valence-electron chi connectivity index (χ0n) is 11.2. The molecule has 0 amide bonds. The van der Waals surface area contributed by atoms with Gasteiger partial charge in [-0.2, -0.15) is 0 Å². The van der Waals surface area contributed by atoms with Crippen LogP contribution in [-0.2, 0) is 0 Å². The van der Waals surface area contributed by atoms with Crippen LogP contribution in [0.2, 0.25) is 0 Å². The maximum atomic E-state index is 5.40. The Morgan fingerprint density at radius 3 is 2.05 bits per heavy atom. The standard InChI is InChI=1S/C13H15BrN2O3/c1-7-15-12(13(14)16-7)8-5-10(18-3)11(19-4)6-9(8)17-2/h5-6H,1-4H3,(H,15,16). The van der Waals surface area contributed by atoms with Crippen LogP contribution in [0.1, 0.15) is 5.82 Å². The molecule has 1 aromatic carbocycles. The number of H-pyrrole nitrogens is 1. The highest BCUT2D eigenvalue weighted by Gasteiger charge is 2.17. The maximum Gasteiger partial charge on any atom is 0.164 e.